The SMILES string of the molecule is CC(C)c1ccc(CC(=O)N2CCSC(c3cccs3)CC2)cc1. The van der Waals surface area contributed by atoms with Crippen LogP contribution in [0.25, 0.3) is 0 Å². The summed E-state index contributed by atoms with van der Waals surface area (Å²) in [7, 11) is 0. The van der Waals surface area contributed by atoms with Crippen LogP contribution in [-0.4, -0.2) is 29.6 Å². The first-order chi connectivity index (χ1) is 11.6. The van der Waals surface area contributed by atoms with E-state index >= 15 is 0 Å². The summed E-state index contributed by atoms with van der Waals surface area (Å²) in [5.74, 6) is 1.83. The molecule has 4 heteroatoms. The minimum Gasteiger partial charge on any atom is -0.342 e. The van der Waals surface area contributed by atoms with Crippen LogP contribution in [0.1, 0.15) is 47.4 Å². The molecule has 0 saturated carbocycles. The van der Waals surface area contributed by atoms with Crippen LogP contribution in [0, 0.1) is 0 Å². The normalized spacial score (nSPS) is 18.6. The number of hydrogen-bond acceptors (Lipinski definition) is 3. The van der Waals surface area contributed by atoms with Gasteiger partial charge in [0.15, 0.2) is 0 Å². The Hall–Kier alpha value is -1.26. The number of benzene rings is 1. The predicted octanol–water partition coefficient (Wildman–Crippen LogP) is 5.12. The number of hydrogen-bond donors (Lipinski definition) is 0. The van der Waals surface area contributed by atoms with Gasteiger partial charge in [0, 0.05) is 29.0 Å². The highest BCUT2D eigenvalue weighted by Crippen LogP contribution is 2.36. The first kappa shape index (κ1) is 17.6. The van der Waals surface area contributed by atoms with Crippen molar-refractivity contribution in [1.29, 1.82) is 0 Å². The third kappa shape index (κ3) is 4.42. The molecule has 0 spiro atoms. The molecule has 2 aromatic rings. The molecule has 2 nitrogen and oxygen atoms in total. The van der Waals surface area contributed by atoms with Crippen LogP contribution in [0.15, 0.2) is 41.8 Å². The number of thiophene rings is 1. The molecule has 1 aliphatic heterocycles. The fraction of sp³-hybridized carbons (Fsp3) is 0.450. The maximum Gasteiger partial charge on any atom is 0.227 e. The van der Waals surface area contributed by atoms with E-state index < -0.39 is 0 Å². The highest BCUT2D eigenvalue weighted by atomic mass is 32.2. The maximum absolute atomic E-state index is 12.7. The second-order valence-electron chi connectivity index (χ2n) is 6.62. The highest BCUT2D eigenvalue weighted by molar-refractivity contribution is 7.99. The van der Waals surface area contributed by atoms with E-state index in [2.05, 4.69) is 60.5 Å². The fourth-order valence-electron chi connectivity index (χ4n) is 3.03. The second-order valence-corrected chi connectivity index (χ2v) is 8.91. The lowest BCUT2D eigenvalue weighted by atomic mass is 10.0. The summed E-state index contributed by atoms with van der Waals surface area (Å²) < 4.78 is 0. The second kappa shape index (κ2) is 8.21. The van der Waals surface area contributed by atoms with E-state index in [1.165, 1.54) is 10.4 Å². The summed E-state index contributed by atoms with van der Waals surface area (Å²) >= 11 is 3.82. The minimum atomic E-state index is 0.264. The number of amides is 1. The van der Waals surface area contributed by atoms with E-state index in [0.717, 1.165) is 30.8 Å². The standard InChI is InChI=1S/C20H25NOS2/c1-15(2)17-7-5-16(6-8-17)14-20(22)21-10-9-19(24-13-11-21)18-4-3-12-23-18/h3-8,12,15,19H,9-11,13-14H2,1-2H3. The zero-order chi connectivity index (χ0) is 16.9. The van der Waals surface area contributed by atoms with Crippen LogP contribution in [-0.2, 0) is 11.2 Å². The van der Waals surface area contributed by atoms with Crippen molar-refractivity contribution in [1.82, 2.24) is 4.90 Å². The quantitative estimate of drug-likeness (QED) is 0.755. The molecule has 128 valence electrons. The third-order valence-corrected chi connectivity index (χ3v) is 7.00. The van der Waals surface area contributed by atoms with Gasteiger partial charge in [-0.05, 0) is 34.9 Å². The van der Waals surface area contributed by atoms with Crippen LogP contribution in [0.4, 0.5) is 0 Å². The molecule has 1 amide bonds. The Labute approximate surface area is 153 Å². The molecule has 24 heavy (non-hydrogen) atoms. The fourth-order valence-corrected chi connectivity index (χ4v) is 5.27. The Balaban J connectivity index is 1.57. The molecular weight excluding hydrogens is 334 g/mol. The lowest BCUT2D eigenvalue weighted by Gasteiger charge is -2.20. The molecule has 3 rings (SSSR count). The third-order valence-electron chi connectivity index (χ3n) is 4.56. The molecule has 1 atom stereocenters. The molecule has 0 N–H and O–H groups in total. The number of carbonyl (C=O) groups is 1. The van der Waals surface area contributed by atoms with Crippen molar-refractivity contribution in [3.05, 3.63) is 57.8 Å². The molecule has 1 aromatic heterocycles. The number of thioether (sulfide) groups is 1. The van der Waals surface area contributed by atoms with Crippen LogP contribution in [0.3, 0.4) is 0 Å². The van der Waals surface area contributed by atoms with Crippen LogP contribution < -0.4 is 0 Å². The zero-order valence-corrected chi connectivity index (χ0v) is 16.0. The number of rotatable bonds is 4. The molecule has 1 aromatic carbocycles. The molecule has 1 unspecified atom stereocenters. The predicted molar refractivity (Wildman–Crippen MR) is 105 cm³/mol. The van der Waals surface area contributed by atoms with Gasteiger partial charge in [-0.15, -0.1) is 11.3 Å². The highest BCUT2D eigenvalue weighted by Gasteiger charge is 2.22. The largest absolute Gasteiger partial charge is 0.342 e. The summed E-state index contributed by atoms with van der Waals surface area (Å²) in [6.07, 6.45) is 1.58. The van der Waals surface area contributed by atoms with Gasteiger partial charge in [-0.1, -0.05) is 44.2 Å². The monoisotopic (exact) mass is 359 g/mol. The van der Waals surface area contributed by atoms with E-state index in [1.54, 1.807) is 0 Å². The topological polar surface area (TPSA) is 20.3 Å². The summed E-state index contributed by atoms with van der Waals surface area (Å²) in [5.41, 5.74) is 2.45. The van der Waals surface area contributed by atoms with Crippen molar-refractivity contribution >= 4 is 29.0 Å². The minimum absolute atomic E-state index is 0.264. The van der Waals surface area contributed by atoms with E-state index in [-0.39, 0.29) is 5.91 Å². The van der Waals surface area contributed by atoms with Crippen LogP contribution in [0.5, 0.6) is 0 Å². The Morgan fingerprint density at radius 1 is 1.21 bits per heavy atom. The number of carbonyl (C=O) groups excluding carboxylic acids is 1. The van der Waals surface area contributed by atoms with Crippen molar-refractivity contribution in [2.75, 3.05) is 18.8 Å². The van der Waals surface area contributed by atoms with Crippen molar-refractivity contribution in [2.24, 2.45) is 0 Å². The lowest BCUT2D eigenvalue weighted by molar-refractivity contribution is -0.130. The molecule has 0 bridgehead atoms. The summed E-state index contributed by atoms with van der Waals surface area (Å²) in [4.78, 5) is 16.1. The van der Waals surface area contributed by atoms with Gasteiger partial charge in [0.2, 0.25) is 5.91 Å². The lowest BCUT2D eigenvalue weighted by Crippen LogP contribution is -2.34. The molecule has 2 heterocycles. The van der Waals surface area contributed by atoms with Gasteiger partial charge < -0.3 is 4.90 Å². The Bertz CT molecular complexity index is 649. The van der Waals surface area contributed by atoms with Gasteiger partial charge in [-0.3, -0.25) is 4.79 Å². The van der Waals surface area contributed by atoms with E-state index in [0.29, 0.717) is 17.6 Å². The van der Waals surface area contributed by atoms with Gasteiger partial charge in [0.1, 0.15) is 0 Å². The van der Waals surface area contributed by atoms with E-state index in [1.807, 2.05) is 23.1 Å². The van der Waals surface area contributed by atoms with Gasteiger partial charge in [-0.2, -0.15) is 11.8 Å². The Morgan fingerprint density at radius 2 is 2.00 bits per heavy atom. The zero-order valence-electron chi connectivity index (χ0n) is 14.4. The van der Waals surface area contributed by atoms with E-state index in [4.69, 9.17) is 0 Å². The van der Waals surface area contributed by atoms with Crippen molar-refractivity contribution in [2.45, 2.75) is 37.9 Å². The van der Waals surface area contributed by atoms with Gasteiger partial charge >= 0.3 is 0 Å². The summed E-state index contributed by atoms with van der Waals surface area (Å²) in [6, 6.07) is 12.9. The number of nitrogens with zero attached hydrogens (tertiary/aromatic N) is 1. The molecule has 1 saturated heterocycles. The van der Waals surface area contributed by atoms with Crippen LogP contribution in [0.2, 0.25) is 0 Å². The summed E-state index contributed by atoms with van der Waals surface area (Å²) in [5, 5.41) is 2.69. The van der Waals surface area contributed by atoms with Crippen molar-refractivity contribution in [3.63, 3.8) is 0 Å². The first-order valence-corrected chi connectivity index (χ1v) is 10.6. The first-order valence-electron chi connectivity index (χ1n) is 8.65. The van der Waals surface area contributed by atoms with E-state index in [9.17, 15) is 4.79 Å². The average molecular weight is 360 g/mol. The Morgan fingerprint density at radius 3 is 2.67 bits per heavy atom. The van der Waals surface area contributed by atoms with Crippen molar-refractivity contribution < 1.29 is 4.79 Å². The molecule has 0 aliphatic carbocycles. The Kier molecular flexibility index (Phi) is 6.01. The van der Waals surface area contributed by atoms with Gasteiger partial charge in [0.25, 0.3) is 0 Å². The average Bonchev–Trinajstić information content (AvgIpc) is 3.00. The van der Waals surface area contributed by atoms with Crippen molar-refractivity contribution in [3.8, 4) is 0 Å². The molecule has 0 radical (unpaired) electrons. The van der Waals surface area contributed by atoms with Crippen LogP contribution >= 0.6 is 23.1 Å². The summed E-state index contributed by atoms with van der Waals surface area (Å²) in [6.45, 7) is 6.13. The smallest absolute Gasteiger partial charge is 0.227 e. The van der Waals surface area contributed by atoms with Gasteiger partial charge in [0.05, 0.1) is 6.42 Å². The molecular formula is C20H25NOS2. The maximum atomic E-state index is 12.7. The molecule has 1 fully saturated rings. The van der Waals surface area contributed by atoms with Gasteiger partial charge in [-0.25, -0.2) is 0 Å². The molecule has 1 aliphatic rings.